The van der Waals surface area contributed by atoms with Crippen molar-refractivity contribution in [1.82, 2.24) is 39.0 Å². The summed E-state index contributed by atoms with van der Waals surface area (Å²) < 4.78 is 81.1. The van der Waals surface area contributed by atoms with Gasteiger partial charge >= 0.3 is 13.5 Å². The van der Waals surface area contributed by atoms with E-state index in [-0.39, 0.29) is 34.1 Å². The second-order valence-corrected chi connectivity index (χ2v) is 15.7. The molecule has 25 heteroatoms. The number of fused-ring (bicyclic) bond motifs is 5. The fourth-order valence-corrected chi connectivity index (χ4v) is 8.12. The second kappa shape index (κ2) is 11.2. The van der Waals surface area contributed by atoms with Gasteiger partial charge in [0, 0.05) is 0 Å². The standard InChI is InChI=1S/C20H22F2N10O9P2S2/c21-8-6-1-36-42(34,44)40-12-7(39-18(9(12)22)31-4-27-10-14(23)25-3-26-15(10)31)2-37-43(35,45)41-13(8)19(38-6)32-5-28-11-16(32)29-20(24)30-17(11)33/h3-9,12-13,18-19H,1-2H2,(H,34,44)(H,35,45)(H2,23,25,26)(H3,24,29,30,33)/t6-,7-,8-,9-,12-,13-,18-,19-,42?,43?/m1/s1. The number of thiol groups is 1. The predicted molar refractivity (Wildman–Crippen MR) is 155 cm³/mol. The lowest BCUT2D eigenvalue weighted by molar-refractivity contribution is -0.0578. The van der Waals surface area contributed by atoms with Crippen LogP contribution in [0.2, 0.25) is 0 Å². The smallest absolute Gasteiger partial charge is 0.382 e. The van der Waals surface area contributed by atoms with E-state index < -0.39 is 81.5 Å². The van der Waals surface area contributed by atoms with Gasteiger partial charge in [-0.05, 0) is 11.8 Å². The van der Waals surface area contributed by atoms with Gasteiger partial charge in [0.2, 0.25) is 5.95 Å². The second-order valence-electron chi connectivity index (χ2n) is 10.0. The maximum atomic E-state index is 16.0. The van der Waals surface area contributed by atoms with Gasteiger partial charge in [-0.15, -0.1) is 0 Å². The number of rotatable bonds is 2. The number of anilines is 2. The average Bonchev–Trinajstić information content (AvgIpc) is 3.72. The van der Waals surface area contributed by atoms with Gasteiger partial charge in [0.05, 0.1) is 25.9 Å². The first-order valence-electron chi connectivity index (χ1n) is 12.9. The molecule has 45 heavy (non-hydrogen) atoms. The zero-order valence-corrected chi connectivity index (χ0v) is 25.8. The highest BCUT2D eigenvalue weighted by Crippen LogP contribution is 2.59. The van der Waals surface area contributed by atoms with Crippen LogP contribution in [0.3, 0.4) is 0 Å². The number of nitrogens with one attached hydrogen (secondary N) is 1. The molecule has 4 aromatic heterocycles. The van der Waals surface area contributed by atoms with Crippen molar-refractivity contribution in [2.75, 3.05) is 24.7 Å². The number of halogens is 2. The van der Waals surface area contributed by atoms with E-state index in [1.54, 1.807) is 0 Å². The number of imidazole rings is 2. The van der Waals surface area contributed by atoms with Crippen LogP contribution in [-0.2, 0) is 43.9 Å². The Hall–Kier alpha value is -2.69. The van der Waals surface area contributed by atoms with E-state index in [4.69, 9.17) is 50.8 Å². The molecule has 3 aliphatic heterocycles. The summed E-state index contributed by atoms with van der Waals surface area (Å²) in [5.41, 5.74) is 10.9. The molecule has 10 atom stereocenters. The van der Waals surface area contributed by atoms with Gasteiger partial charge in [0.25, 0.3) is 5.56 Å². The fraction of sp³-hybridized carbons (Fsp3) is 0.500. The largest absolute Gasteiger partial charge is 0.386 e. The summed E-state index contributed by atoms with van der Waals surface area (Å²) in [6.45, 7) is -10.2. The molecule has 0 spiro atoms. The molecule has 0 aliphatic carbocycles. The molecule has 3 saturated heterocycles. The van der Waals surface area contributed by atoms with Gasteiger partial charge in [-0.1, -0.05) is 12.2 Å². The van der Waals surface area contributed by atoms with Crippen LogP contribution < -0.4 is 17.0 Å². The minimum atomic E-state index is -4.49. The topological polar surface area (TPSA) is 252 Å². The first-order valence-corrected chi connectivity index (χ1v) is 18.2. The SMILES string of the molecule is Nc1nc2c(ncn2[C@@H]2O[C@@H]3COP(O)(=S)O[C@H]4[C@@H](F)[C@H](n5cnc6c(N)ncnc65)O[C@@H]4COP(=O)(S)O[C@@H]2[C@@H]3F)c(=O)[nH]1. The highest BCUT2D eigenvalue weighted by molar-refractivity contribution is 8.44. The molecule has 0 radical (unpaired) electrons. The summed E-state index contributed by atoms with van der Waals surface area (Å²) in [4.78, 5) is 45.5. The van der Waals surface area contributed by atoms with Crippen molar-refractivity contribution in [3.8, 4) is 0 Å². The number of nitrogen functional groups attached to an aromatic ring is 2. The normalized spacial score (nSPS) is 37.7. The number of H-pyrrole nitrogens is 1. The van der Waals surface area contributed by atoms with Crippen LogP contribution in [0.25, 0.3) is 22.3 Å². The first-order chi connectivity index (χ1) is 21.3. The lowest BCUT2D eigenvalue weighted by Gasteiger charge is -2.26. The van der Waals surface area contributed by atoms with Crippen LogP contribution in [0.5, 0.6) is 0 Å². The van der Waals surface area contributed by atoms with Crippen LogP contribution >= 0.6 is 25.8 Å². The third-order valence-electron chi connectivity index (χ3n) is 7.23. The quantitative estimate of drug-likeness (QED) is 0.142. The average molecular weight is 711 g/mol. The van der Waals surface area contributed by atoms with Gasteiger partial charge in [-0.25, -0.2) is 33.3 Å². The molecule has 4 aromatic rings. The molecule has 3 aliphatic rings. The summed E-state index contributed by atoms with van der Waals surface area (Å²) >= 11 is 9.11. The number of aromatic nitrogens is 8. The van der Waals surface area contributed by atoms with Gasteiger partial charge in [-0.3, -0.25) is 32.5 Å². The van der Waals surface area contributed by atoms with Gasteiger partial charge in [0.1, 0.15) is 36.3 Å². The highest BCUT2D eigenvalue weighted by Gasteiger charge is 2.54. The van der Waals surface area contributed by atoms with Crippen LogP contribution in [0.4, 0.5) is 20.5 Å². The summed E-state index contributed by atoms with van der Waals surface area (Å²) in [6, 6.07) is 0. The zero-order valence-electron chi connectivity index (χ0n) is 22.3. The molecule has 2 bridgehead atoms. The summed E-state index contributed by atoms with van der Waals surface area (Å²) in [7, 11) is 0. The van der Waals surface area contributed by atoms with Gasteiger partial charge in [0.15, 0.2) is 47.4 Å². The number of ether oxygens (including phenoxy) is 2. The Labute approximate surface area is 259 Å². The molecular formula is C20H22F2N10O9P2S2. The lowest BCUT2D eigenvalue weighted by Crippen LogP contribution is -2.34. The molecule has 0 amide bonds. The minimum absolute atomic E-state index is 0.0396. The fourth-order valence-electron chi connectivity index (χ4n) is 5.23. The van der Waals surface area contributed by atoms with Crippen LogP contribution in [0.15, 0.2) is 23.8 Å². The Morgan fingerprint density at radius 1 is 0.956 bits per heavy atom. The van der Waals surface area contributed by atoms with Crippen LogP contribution in [0, 0.1) is 0 Å². The van der Waals surface area contributed by atoms with Crippen molar-refractivity contribution in [1.29, 1.82) is 0 Å². The summed E-state index contributed by atoms with van der Waals surface area (Å²) in [5, 5.41) is 0. The zero-order chi connectivity index (χ0) is 31.8. The molecule has 7 heterocycles. The van der Waals surface area contributed by atoms with E-state index in [1.807, 2.05) is 0 Å². The van der Waals surface area contributed by atoms with Crippen molar-refractivity contribution in [3.63, 3.8) is 0 Å². The van der Waals surface area contributed by atoms with E-state index in [9.17, 15) is 14.3 Å². The third-order valence-corrected chi connectivity index (χ3v) is 10.4. The predicted octanol–water partition coefficient (Wildman–Crippen LogP) is 0.667. The number of hydrogen-bond acceptors (Lipinski definition) is 16. The molecule has 3 fully saturated rings. The number of nitrogens with zero attached hydrogens (tertiary/aromatic N) is 7. The van der Waals surface area contributed by atoms with E-state index in [2.05, 4.69) is 42.2 Å². The first kappa shape index (κ1) is 30.9. The molecule has 0 saturated carbocycles. The monoisotopic (exact) mass is 710 g/mol. The van der Waals surface area contributed by atoms with Crippen molar-refractivity contribution >= 4 is 71.7 Å². The van der Waals surface area contributed by atoms with Gasteiger partial charge in [-0.2, -0.15) is 4.98 Å². The lowest BCUT2D eigenvalue weighted by atomic mass is 10.1. The van der Waals surface area contributed by atoms with Crippen molar-refractivity contribution in [2.24, 2.45) is 0 Å². The molecule has 2 unspecified atom stereocenters. The Morgan fingerprint density at radius 2 is 1.64 bits per heavy atom. The molecule has 6 N–H and O–H groups in total. The summed E-state index contributed by atoms with van der Waals surface area (Å²) in [5.74, 6) is -0.224. The number of aromatic amines is 1. The maximum Gasteiger partial charge on any atom is 0.386 e. The van der Waals surface area contributed by atoms with Crippen molar-refractivity contribution in [2.45, 2.75) is 49.2 Å². The van der Waals surface area contributed by atoms with Crippen molar-refractivity contribution < 1.29 is 45.8 Å². The van der Waals surface area contributed by atoms with E-state index in [1.165, 1.54) is 10.9 Å². The minimum Gasteiger partial charge on any atom is -0.382 e. The Balaban J connectivity index is 1.21. The van der Waals surface area contributed by atoms with Crippen molar-refractivity contribution in [3.05, 3.63) is 29.3 Å². The van der Waals surface area contributed by atoms with E-state index in [0.29, 0.717) is 0 Å². The third kappa shape index (κ3) is 5.54. The number of hydrogen-bond donors (Lipinski definition) is 5. The molecule has 242 valence electrons. The van der Waals surface area contributed by atoms with E-state index in [0.717, 1.165) is 17.2 Å². The Kier molecular flexibility index (Phi) is 7.72. The Morgan fingerprint density at radius 3 is 2.42 bits per heavy atom. The van der Waals surface area contributed by atoms with Crippen LogP contribution in [-0.4, -0.2) is 93.9 Å². The highest BCUT2D eigenvalue weighted by atomic mass is 32.7. The van der Waals surface area contributed by atoms with Crippen LogP contribution in [0.1, 0.15) is 12.5 Å². The molecule has 7 rings (SSSR count). The molecular weight excluding hydrogens is 688 g/mol. The summed E-state index contributed by atoms with van der Waals surface area (Å²) in [6.07, 6.45) is -9.83. The van der Waals surface area contributed by atoms with Gasteiger partial charge < -0.3 is 30.4 Å². The maximum absolute atomic E-state index is 16.0. The number of alkyl halides is 2. The molecule has 0 aromatic carbocycles. The number of nitrogens with two attached hydrogens (primary N) is 2. The Bertz CT molecular complexity index is 1950. The molecule has 19 nitrogen and oxygen atoms in total. The van der Waals surface area contributed by atoms with E-state index >= 15 is 8.78 Å².